The first-order valence-electron chi connectivity index (χ1n) is 19.0. The Morgan fingerprint density at radius 3 is 1.68 bits per heavy atom. The van der Waals surface area contributed by atoms with Crippen molar-refractivity contribution >= 4 is 0 Å². The molecule has 9 aromatic rings. The van der Waals surface area contributed by atoms with Crippen LogP contribution in [-0.2, 0) is 5.41 Å². The van der Waals surface area contributed by atoms with E-state index < -0.39 is 5.41 Å². The summed E-state index contributed by atoms with van der Waals surface area (Å²) in [7, 11) is 0. The second-order valence-corrected chi connectivity index (χ2v) is 14.2. The number of hydrogen-bond acceptors (Lipinski definition) is 6. The van der Waals surface area contributed by atoms with Crippen LogP contribution in [0.5, 0.6) is 23.0 Å². The number of rotatable bonds is 6. The summed E-state index contributed by atoms with van der Waals surface area (Å²) >= 11 is 0. The molecule has 6 nitrogen and oxygen atoms in total. The van der Waals surface area contributed by atoms with Crippen molar-refractivity contribution in [2.75, 3.05) is 0 Å². The summed E-state index contributed by atoms with van der Waals surface area (Å²) in [5, 5.41) is 0. The van der Waals surface area contributed by atoms with Crippen molar-refractivity contribution in [3.8, 4) is 79.5 Å². The monoisotopic (exact) mass is 732 g/mol. The van der Waals surface area contributed by atoms with E-state index >= 15 is 0 Å². The van der Waals surface area contributed by atoms with Crippen LogP contribution in [0.4, 0.5) is 0 Å². The molecule has 0 saturated carbocycles. The lowest BCUT2D eigenvalue weighted by Gasteiger charge is -2.34. The summed E-state index contributed by atoms with van der Waals surface area (Å²) in [5.41, 5.74) is 11.0. The van der Waals surface area contributed by atoms with Gasteiger partial charge in [-0.2, -0.15) is 0 Å². The molecular weight excluding hydrogens is 701 g/mol. The molecule has 0 amide bonds. The highest BCUT2D eigenvalue weighted by Crippen LogP contribution is 2.59. The smallest absolute Gasteiger partial charge is 0.182 e. The molecule has 1 aliphatic heterocycles. The van der Waals surface area contributed by atoms with Gasteiger partial charge in [0.1, 0.15) is 5.69 Å². The number of aromatic nitrogens is 4. The minimum Gasteiger partial charge on any atom is -0.450 e. The van der Waals surface area contributed by atoms with Crippen LogP contribution in [0.15, 0.2) is 194 Å². The van der Waals surface area contributed by atoms with E-state index in [2.05, 4.69) is 120 Å². The maximum absolute atomic E-state index is 6.74. The van der Waals surface area contributed by atoms with Gasteiger partial charge in [0.05, 0.1) is 5.41 Å². The van der Waals surface area contributed by atoms with Gasteiger partial charge in [0.2, 0.25) is 0 Å². The minimum atomic E-state index is -0.527. The number of benzene rings is 7. The largest absolute Gasteiger partial charge is 0.450 e. The molecule has 3 heterocycles. The van der Waals surface area contributed by atoms with Crippen molar-refractivity contribution in [1.82, 2.24) is 19.9 Å². The van der Waals surface area contributed by atoms with E-state index in [0.717, 1.165) is 27.8 Å². The van der Waals surface area contributed by atoms with Crippen LogP contribution in [-0.4, -0.2) is 19.9 Å². The average molecular weight is 733 g/mol. The van der Waals surface area contributed by atoms with Crippen LogP contribution < -0.4 is 9.47 Å². The fraction of sp³-hybridized carbons (Fsp3) is 0.0196. The summed E-state index contributed by atoms with van der Waals surface area (Å²) < 4.78 is 13.4. The summed E-state index contributed by atoms with van der Waals surface area (Å²) in [6.07, 6.45) is 1.75. The number of nitrogens with zero attached hydrogens (tertiary/aromatic N) is 4. The van der Waals surface area contributed by atoms with Gasteiger partial charge >= 0.3 is 0 Å². The molecule has 57 heavy (non-hydrogen) atoms. The van der Waals surface area contributed by atoms with Gasteiger partial charge in [-0.15, -0.1) is 0 Å². The van der Waals surface area contributed by atoms with Crippen molar-refractivity contribution < 1.29 is 9.47 Å². The Labute approximate surface area is 329 Å². The Bertz CT molecular complexity index is 2860. The van der Waals surface area contributed by atoms with Crippen LogP contribution in [0, 0.1) is 0 Å². The van der Waals surface area contributed by atoms with Gasteiger partial charge in [0.25, 0.3) is 0 Å². The third-order valence-corrected chi connectivity index (χ3v) is 10.9. The molecule has 0 N–H and O–H groups in total. The predicted molar refractivity (Wildman–Crippen MR) is 223 cm³/mol. The van der Waals surface area contributed by atoms with Gasteiger partial charge in [-0.25, -0.2) is 15.0 Å². The quantitative estimate of drug-likeness (QED) is 0.169. The minimum absolute atomic E-state index is 0.515. The molecule has 1 aliphatic carbocycles. The Hall–Kier alpha value is -7.70. The average Bonchev–Trinajstić information content (AvgIpc) is 3.58. The maximum Gasteiger partial charge on any atom is 0.182 e. The van der Waals surface area contributed by atoms with E-state index in [1.165, 1.54) is 27.8 Å². The predicted octanol–water partition coefficient (Wildman–Crippen LogP) is 12.2. The molecule has 0 unspecified atom stereocenters. The first-order valence-corrected chi connectivity index (χ1v) is 19.0. The van der Waals surface area contributed by atoms with Gasteiger partial charge in [-0.1, -0.05) is 146 Å². The molecule has 6 heteroatoms. The third kappa shape index (κ3) is 5.41. The molecule has 0 spiro atoms. The summed E-state index contributed by atoms with van der Waals surface area (Å²) in [6, 6.07) is 64.6. The highest BCUT2D eigenvalue weighted by Gasteiger charge is 2.47. The fourth-order valence-corrected chi connectivity index (χ4v) is 8.37. The van der Waals surface area contributed by atoms with E-state index in [0.29, 0.717) is 46.2 Å². The summed E-state index contributed by atoms with van der Waals surface area (Å²) in [6.45, 7) is 0. The molecule has 2 aromatic heterocycles. The lowest BCUT2D eigenvalue weighted by molar-refractivity contribution is 0.359. The van der Waals surface area contributed by atoms with E-state index in [1.54, 1.807) is 6.20 Å². The summed E-state index contributed by atoms with van der Waals surface area (Å²) in [4.78, 5) is 19.2. The molecule has 268 valence electrons. The second kappa shape index (κ2) is 13.3. The van der Waals surface area contributed by atoms with Crippen LogP contribution in [0.2, 0.25) is 0 Å². The van der Waals surface area contributed by atoms with Crippen LogP contribution in [0.1, 0.15) is 22.3 Å². The van der Waals surface area contributed by atoms with Crippen LogP contribution >= 0.6 is 0 Å². The number of hydrogen-bond donors (Lipinski definition) is 0. The van der Waals surface area contributed by atoms with Crippen molar-refractivity contribution in [2.24, 2.45) is 0 Å². The van der Waals surface area contributed by atoms with Gasteiger partial charge in [0, 0.05) is 17.3 Å². The van der Waals surface area contributed by atoms with E-state index in [9.17, 15) is 0 Å². The summed E-state index contributed by atoms with van der Waals surface area (Å²) in [5.74, 6) is 4.34. The molecule has 11 rings (SSSR count). The molecule has 0 atom stereocenters. The Morgan fingerprint density at radius 2 is 0.930 bits per heavy atom. The van der Waals surface area contributed by atoms with Crippen LogP contribution in [0.25, 0.3) is 56.5 Å². The zero-order chi connectivity index (χ0) is 37.8. The Balaban J connectivity index is 0.982. The van der Waals surface area contributed by atoms with Crippen molar-refractivity contribution in [3.63, 3.8) is 0 Å². The van der Waals surface area contributed by atoms with Crippen LogP contribution in [0.3, 0.4) is 0 Å². The Morgan fingerprint density at radius 1 is 0.351 bits per heavy atom. The van der Waals surface area contributed by atoms with Gasteiger partial charge < -0.3 is 9.47 Å². The number of pyridine rings is 1. The molecule has 0 fully saturated rings. The SMILES string of the molecule is c1ccc(-c2nc(-c3cccc(-c4ccc5c(c4)Oc4cc6c(cc4O5)C(c4ccccc4)(c4ccccc4)c4ccccc4-6)c3)nc(-c3ccccn3)n2)cc1. The van der Waals surface area contributed by atoms with Crippen molar-refractivity contribution in [3.05, 3.63) is 217 Å². The van der Waals surface area contributed by atoms with Gasteiger partial charge in [-0.05, 0) is 87.0 Å². The molecule has 7 aromatic carbocycles. The molecule has 2 aliphatic rings. The first kappa shape index (κ1) is 32.7. The van der Waals surface area contributed by atoms with E-state index in [4.69, 9.17) is 24.4 Å². The Kier molecular flexibility index (Phi) is 7.60. The van der Waals surface area contributed by atoms with Gasteiger partial charge in [-0.3, -0.25) is 4.98 Å². The highest BCUT2D eigenvalue weighted by molar-refractivity contribution is 5.88. The molecule has 0 bridgehead atoms. The number of fused-ring (bicyclic) bond motifs is 5. The number of ether oxygens (including phenoxy) is 2. The lowest BCUT2D eigenvalue weighted by atomic mass is 9.67. The first-order chi connectivity index (χ1) is 28.2. The van der Waals surface area contributed by atoms with Crippen molar-refractivity contribution in [2.45, 2.75) is 5.41 Å². The van der Waals surface area contributed by atoms with Gasteiger partial charge in [0.15, 0.2) is 40.5 Å². The van der Waals surface area contributed by atoms with E-state index in [1.807, 2.05) is 72.8 Å². The standard InChI is InChI=1S/C51H32N4O2/c1-4-15-33(16-5-1)48-53-49(55-50(54-48)43-25-12-13-28-52-43)36-18-14-17-34(29-36)35-26-27-44-45(30-35)57-46-31-40-39-23-10-11-24-41(39)51(37-19-6-2-7-20-37,38-21-8-3-9-22-38)42(40)32-47(46)56-44/h1-32H. The molecular formula is C51H32N4O2. The zero-order valence-electron chi connectivity index (χ0n) is 30.6. The second-order valence-electron chi connectivity index (χ2n) is 14.2. The topological polar surface area (TPSA) is 70.0 Å². The van der Waals surface area contributed by atoms with Crippen molar-refractivity contribution in [1.29, 1.82) is 0 Å². The third-order valence-electron chi connectivity index (χ3n) is 10.9. The maximum atomic E-state index is 6.74. The zero-order valence-corrected chi connectivity index (χ0v) is 30.6. The fourth-order valence-electron chi connectivity index (χ4n) is 8.37. The lowest BCUT2D eigenvalue weighted by Crippen LogP contribution is -2.28. The highest BCUT2D eigenvalue weighted by atomic mass is 16.6. The van der Waals surface area contributed by atoms with E-state index in [-0.39, 0.29) is 0 Å². The normalized spacial score (nSPS) is 13.0. The molecule has 0 saturated heterocycles. The molecule has 0 radical (unpaired) electrons.